The summed E-state index contributed by atoms with van der Waals surface area (Å²) in [4.78, 5) is 13.8. The zero-order valence-electron chi connectivity index (χ0n) is 11.2. The molecule has 1 rings (SSSR count). The molecular weight excluding hydrogens is 216 g/mol. The quantitative estimate of drug-likeness (QED) is 0.689. The second-order valence-corrected chi connectivity index (χ2v) is 4.89. The van der Waals surface area contributed by atoms with Crippen LogP contribution in [0.15, 0.2) is 0 Å². The Morgan fingerprint density at radius 3 is 2.65 bits per heavy atom. The minimum Gasteiger partial charge on any atom is -0.376 e. The highest BCUT2D eigenvalue weighted by Gasteiger charge is 2.30. The van der Waals surface area contributed by atoms with Crippen LogP contribution in [0, 0.1) is 0 Å². The van der Waals surface area contributed by atoms with Gasteiger partial charge in [-0.2, -0.15) is 0 Å². The molecule has 1 fully saturated rings. The number of ether oxygens (including phenoxy) is 1. The van der Waals surface area contributed by atoms with E-state index < -0.39 is 0 Å². The van der Waals surface area contributed by atoms with Crippen molar-refractivity contribution in [2.45, 2.75) is 57.6 Å². The fourth-order valence-electron chi connectivity index (χ4n) is 2.36. The molecule has 100 valence electrons. The van der Waals surface area contributed by atoms with Gasteiger partial charge in [-0.25, -0.2) is 0 Å². The van der Waals surface area contributed by atoms with Gasteiger partial charge in [0.1, 0.15) is 0 Å². The summed E-state index contributed by atoms with van der Waals surface area (Å²) < 4.78 is 5.49. The number of hydrogen-bond acceptors (Lipinski definition) is 3. The van der Waals surface area contributed by atoms with Gasteiger partial charge in [0.2, 0.25) is 5.91 Å². The molecule has 1 aliphatic heterocycles. The SMILES string of the molecule is CC1OCCC1N(C)C(=O)CCCCCCN. The molecule has 0 bridgehead atoms. The highest BCUT2D eigenvalue weighted by Crippen LogP contribution is 2.19. The van der Waals surface area contributed by atoms with Crippen molar-refractivity contribution in [3.05, 3.63) is 0 Å². The predicted octanol–water partition coefficient (Wildman–Crippen LogP) is 1.53. The van der Waals surface area contributed by atoms with Gasteiger partial charge in [-0.15, -0.1) is 0 Å². The second-order valence-electron chi connectivity index (χ2n) is 4.89. The maximum Gasteiger partial charge on any atom is 0.222 e. The Balaban J connectivity index is 2.18. The van der Waals surface area contributed by atoms with Crippen molar-refractivity contribution in [3.63, 3.8) is 0 Å². The van der Waals surface area contributed by atoms with E-state index in [1.165, 1.54) is 0 Å². The maximum atomic E-state index is 12.0. The topological polar surface area (TPSA) is 55.6 Å². The number of unbranched alkanes of at least 4 members (excludes halogenated alkanes) is 3. The molecular formula is C13H26N2O2. The highest BCUT2D eigenvalue weighted by atomic mass is 16.5. The van der Waals surface area contributed by atoms with Gasteiger partial charge in [-0.1, -0.05) is 12.8 Å². The third-order valence-electron chi connectivity index (χ3n) is 3.57. The fraction of sp³-hybridized carbons (Fsp3) is 0.923. The molecule has 0 aromatic rings. The van der Waals surface area contributed by atoms with Crippen LogP contribution in [0.5, 0.6) is 0 Å². The van der Waals surface area contributed by atoms with Crippen LogP contribution >= 0.6 is 0 Å². The summed E-state index contributed by atoms with van der Waals surface area (Å²) in [5, 5.41) is 0. The predicted molar refractivity (Wildman–Crippen MR) is 68.7 cm³/mol. The van der Waals surface area contributed by atoms with Crippen LogP contribution in [0.3, 0.4) is 0 Å². The summed E-state index contributed by atoms with van der Waals surface area (Å²) in [7, 11) is 1.90. The van der Waals surface area contributed by atoms with Crippen molar-refractivity contribution in [2.75, 3.05) is 20.2 Å². The zero-order valence-corrected chi connectivity index (χ0v) is 11.2. The number of rotatable bonds is 7. The van der Waals surface area contributed by atoms with Crippen LogP contribution in [0.4, 0.5) is 0 Å². The highest BCUT2D eigenvalue weighted by molar-refractivity contribution is 5.76. The van der Waals surface area contributed by atoms with Crippen LogP contribution in [-0.2, 0) is 9.53 Å². The van der Waals surface area contributed by atoms with E-state index in [4.69, 9.17) is 10.5 Å². The number of carbonyl (C=O) groups is 1. The van der Waals surface area contributed by atoms with E-state index in [1.807, 2.05) is 18.9 Å². The Morgan fingerprint density at radius 1 is 1.35 bits per heavy atom. The van der Waals surface area contributed by atoms with Crippen LogP contribution < -0.4 is 5.73 Å². The van der Waals surface area contributed by atoms with E-state index in [9.17, 15) is 4.79 Å². The molecule has 2 N–H and O–H groups in total. The van der Waals surface area contributed by atoms with Crippen LogP contribution in [0.2, 0.25) is 0 Å². The molecule has 0 saturated carbocycles. The largest absolute Gasteiger partial charge is 0.376 e. The Labute approximate surface area is 104 Å². The number of carbonyl (C=O) groups excluding carboxylic acids is 1. The van der Waals surface area contributed by atoms with Crippen molar-refractivity contribution in [2.24, 2.45) is 5.73 Å². The summed E-state index contributed by atoms with van der Waals surface area (Å²) in [6.07, 6.45) is 6.09. The number of hydrogen-bond donors (Lipinski definition) is 1. The van der Waals surface area contributed by atoms with Crippen molar-refractivity contribution in [1.82, 2.24) is 4.90 Å². The molecule has 2 atom stereocenters. The van der Waals surface area contributed by atoms with Gasteiger partial charge in [-0.3, -0.25) is 4.79 Å². The third-order valence-corrected chi connectivity index (χ3v) is 3.57. The first-order valence-electron chi connectivity index (χ1n) is 6.74. The smallest absolute Gasteiger partial charge is 0.222 e. The fourth-order valence-corrected chi connectivity index (χ4v) is 2.36. The summed E-state index contributed by atoms with van der Waals surface area (Å²) in [5.74, 6) is 0.250. The molecule has 1 aliphatic rings. The molecule has 2 unspecified atom stereocenters. The molecule has 0 radical (unpaired) electrons. The van der Waals surface area contributed by atoms with E-state index >= 15 is 0 Å². The van der Waals surface area contributed by atoms with Crippen molar-refractivity contribution in [3.8, 4) is 0 Å². The van der Waals surface area contributed by atoms with Gasteiger partial charge >= 0.3 is 0 Å². The monoisotopic (exact) mass is 242 g/mol. The average molecular weight is 242 g/mol. The second kappa shape index (κ2) is 7.67. The molecule has 0 aromatic heterocycles. The van der Waals surface area contributed by atoms with Gasteiger partial charge in [0.25, 0.3) is 0 Å². The molecule has 0 aliphatic carbocycles. The summed E-state index contributed by atoms with van der Waals surface area (Å²) in [6.45, 7) is 3.58. The van der Waals surface area contributed by atoms with Crippen molar-refractivity contribution in [1.29, 1.82) is 0 Å². The molecule has 0 aromatic carbocycles. The van der Waals surface area contributed by atoms with Gasteiger partial charge < -0.3 is 15.4 Å². The Kier molecular flexibility index (Phi) is 6.52. The maximum absolute atomic E-state index is 12.0. The minimum absolute atomic E-state index is 0.182. The number of amides is 1. The first kappa shape index (κ1) is 14.5. The lowest BCUT2D eigenvalue weighted by Crippen LogP contribution is -2.40. The van der Waals surface area contributed by atoms with E-state index in [0.29, 0.717) is 6.42 Å². The van der Waals surface area contributed by atoms with Gasteiger partial charge in [0, 0.05) is 20.1 Å². The number of nitrogens with zero attached hydrogens (tertiary/aromatic N) is 1. The summed E-state index contributed by atoms with van der Waals surface area (Å²) in [6, 6.07) is 0.270. The van der Waals surface area contributed by atoms with Gasteiger partial charge in [-0.05, 0) is 32.7 Å². The number of nitrogens with two attached hydrogens (primary N) is 1. The molecule has 0 spiro atoms. The Hall–Kier alpha value is -0.610. The van der Waals surface area contributed by atoms with E-state index in [2.05, 4.69) is 0 Å². The van der Waals surface area contributed by atoms with E-state index in [0.717, 1.165) is 45.3 Å². The average Bonchev–Trinajstić information content (AvgIpc) is 2.74. The normalized spacial score (nSPS) is 23.9. The standard InChI is InChI=1S/C13H26N2O2/c1-11-12(8-10-17-11)15(2)13(16)7-5-3-4-6-9-14/h11-12H,3-10,14H2,1-2H3. The summed E-state index contributed by atoms with van der Waals surface area (Å²) >= 11 is 0. The minimum atomic E-state index is 0.182. The molecule has 1 heterocycles. The third kappa shape index (κ3) is 4.64. The van der Waals surface area contributed by atoms with Crippen molar-refractivity contribution >= 4 is 5.91 Å². The zero-order chi connectivity index (χ0) is 12.7. The lowest BCUT2D eigenvalue weighted by molar-refractivity contribution is -0.133. The Bertz CT molecular complexity index is 233. The molecule has 17 heavy (non-hydrogen) atoms. The molecule has 1 saturated heterocycles. The lowest BCUT2D eigenvalue weighted by atomic mass is 10.1. The molecule has 4 nitrogen and oxygen atoms in total. The first-order valence-corrected chi connectivity index (χ1v) is 6.74. The molecule has 4 heteroatoms. The van der Waals surface area contributed by atoms with E-state index in [1.54, 1.807) is 0 Å². The first-order chi connectivity index (χ1) is 8.16. The Morgan fingerprint density at radius 2 is 2.06 bits per heavy atom. The van der Waals surface area contributed by atoms with Gasteiger partial charge in [0.05, 0.1) is 12.1 Å². The van der Waals surface area contributed by atoms with Crippen LogP contribution in [0.25, 0.3) is 0 Å². The van der Waals surface area contributed by atoms with E-state index in [-0.39, 0.29) is 18.1 Å². The van der Waals surface area contributed by atoms with Crippen molar-refractivity contribution < 1.29 is 9.53 Å². The summed E-state index contributed by atoms with van der Waals surface area (Å²) in [5.41, 5.74) is 5.43. The lowest BCUT2D eigenvalue weighted by Gasteiger charge is -2.26. The molecule has 1 amide bonds. The van der Waals surface area contributed by atoms with Crippen LogP contribution in [0.1, 0.15) is 45.4 Å². The van der Waals surface area contributed by atoms with Crippen LogP contribution in [-0.4, -0.2) is 43.2 Å². The van der Waals surface area contributed by atoms with Gasteiger partial charge in [0.15, 0.2) is 0 Å². The number of likely N-dealkylation sites (N-methyl/N-ethyl adjacent to an activating group) is 1.